The quantitative estimate of drug-likeness (QED) is 0.832. The zero-order valence-corrected chi connectivity index (χ0v) is 10.8. The van der Waals surface area contributed by atoms with Crippen molar-refractivity contribution in [1.82, 2.24) is 0 Å². The van der Waals surface area contributed by atoms with E-state index in [2.05, 4.69) is 0 Å². The molecule has 1 fully saturated rings. The number of ketones is 1. The largest absolute Gasteiger partial charge is 0.481 e. The van der Waals surface area contributed by atoms with Gasteiger partial charge < -0.3 is 10.8 Å². The molecule has 0 aromatic heterocycles. The van der Waals surface area contributed by atoms with E-state index in [1.165, 1.54) is 18.2 Å². The van der Waals surface area contributed by atoms with Crippen molar-refractivity contribution in [1.29, 1.82) is 0 Å². The van der Waals surface area contributed by atoms with E-state index >= 15 is 0 Å². The molecular weight excluding hydrogens is 277 g/mol. The molecule has 0 aliphatic heterocycles. The summed E-state index contributed by atoms with van der Waals surface area (Å²) in [7, 11) is 0. The van der Waals surface area contributed by atoms with Crippen molar-refractivity contribution in [2.24, 2.45) is 17.1 Å². The van der Waals surface area contributed by atoms with Gasteiger partial charge in [-0.3, -0.25) is 9.59 Å². The van der Waals surface area contributed by atoms with E-state index in [9.17, 15) is 9.59 Å². The van der Waals surface area contributed by atoms with Crippen LogP contribution in [0, 0.1) is 11.3 Å². The minimum atomic E-state index is -0.992. The van der Waals surface area contributed by atoms with Crippen LogP contribution in [0.3, 0.4) is 0 Å². The monoisotopic (exact) mass is 287 g/mol. The molecule has 1 aromatic rings. The normalized spacial score (nSPS) is 25.8. The molecule has 96 valence electrons. The maximum atomic E-state index is 12.3. The second kappa shape index (κ2) is 4.53. The molecule has 3 N–H and O–H groups in total. The molecule has 1 aromatic carbocycles. The molecule has 4 nitrogen and oxygen atoms in total. The number of nitrogens with two attached hydrogens (primary N) is 1. The highest BCUT2D eigenvalue weighted by Gasteiger charge is 2.62. The van der Waals surface area contributed by atoms with Gasteiger partial charge in [0.05, 0.1) is 21.4 Å². The fourth-order valence-corrected chi connectivity index (χ4v) is 2.42. The molecule has 18 heavy (non-hydrogen) atoms. The SMILES string of the molecule is NCC1(C(=O)c2ccc(Cl)c(Cl)c2)CC1C(=O)O. The van der Waals surface area contributed by atoms with Crippen LogP contribution in [0.25, 0.3) is 0 Å². The van der Waals surface area contributed by atoms with Gasteiger partial charge in [0.15, 0.2) is 5.78 Å². The molecule has 0 spiro atoms. The fraction of sp³-hybridized carbons (Fsp3) is 0.333. The third-order valence-corrected chi connectivity index (χ3v) is 4.11. The lowest BCUT2D eigenvalue weighted by molar-refractivity contribution is -0.139. The van der Waals surface area contributed by atoms with Crippen molar-refractivity contribution in [3.05, 3.63) is 33.8 Å². The van der Waals surface area contributed by atoms with Crippen molar-refractivity contribution < 1.29 is 14.7 Å². The summed E-state index contributed by atoms with van der Waals surface area (Å²) < 4.78 is 0. The molecule has 0 radical (unpaired) electrons. The zero-order valence-electron chi connectivity index (χ0n) is 9.32. The lowest BCUT2D eigenvalue weighted by Gasteiger charge is -2.12. The molecule has 0 bridgehead atoms. The van der Waals surface area contributed by atoms with Gasteiger partial charge in [0.25, 0.3) is 0 Å². The molecular formula is C12H11Cl2NO3. The number of carboxylic acid groups (broad SMARTS) is 1. The summed E-state index contributed by atoms with van der Waals surface area (Å²) in [5.74, 6) is -1.98. The molecule has 6 heteroatoms. The maximum absolute atomic E-state index is 12.3. The van der Waals surface area contributed by atoms with Crippen LogP contribution in [-0.2, 0) is 4.79 Å². The first kappa shape index (κ1) is 13.3. The van der Waals surface area contributed by atoms with Crippen LogP contribution >= 0.6 is 23.2 Å². The number of rotatable bonds is 4. The van der Waals surface area contributed by atoms with Crippen molar-refractivity contribution in [3.8, 4) is 0 Å². The third kappa shape index (κ3) is 2.00. The smallest absolute Gasteiger partial charge is 0.307 e. The molecule has 2 rings (SSSR count). The second-order valence-electron chi connectivity index (χ2n) is 4.41. The number of carboxylic acids is 1. The van der Waals surface area contributed by atoms with E-state index in [1.54, 1.807) is 0 Å². The second-order valence-corrected chi connectivity index (χ2v) is 5.23. The van der Waals surface area contributed by atoms with E-state index < -0.39 is 17.3 Å². The number of halogens is 2. The number of Topliss-reactive ketones (excluding diaryl/α,β-unsaturated/α-hetero) is 1. The Hall–Kier alpha value is -1.10. The standard InChI is InChI=1S/C12H11Cl2NO3/c13-8-2-1-6(3-9(8)14)10(16)12(5-15)4-7(12)11(17)18/h1-3,7H,4-5,15H2,(H,17,18). The summed E-state index contributed by atoms with van der Waals surface area (Å²) in [6, 6.07) is 4.49. The molecule has 1 aliphatic rings. The first-order valence-corrected chi connectivity index (χ1v) is 6.10. The zero-order chi connectivity index (χ0) is 13.5. The topological polar surface area (TPSA) is 80.4 Å². The molecule has 1 saturated carbocycles. The van der Waals surface area contributed by atoms with Crippen LogP contribution in [0.2, 0.25) is 10.0 Å². The van der Waals surface area contributed by atoms with Crippen molar-refractivity contribution in [3.63, 3.8) is 0 Å². The number of carbonyl (C=O) groups excluding carboxylic acids is 1. The highest BCUT2D eigenvalue weighted by Crippen LogP contribution is 2.54. The van der Waals surface area contributed by atoms with Crippen LogP contribution < -0.4 is 5.73 Å². The van der Waals surface area contributed by atoms with E-state index in [0.717, 1.165) is 0 Å². The average Bonchev–Trinajstić information content (AvgIpc) is 3.08. The predicted octanol–water partition coefficient (Wildman–Crippen LogP) is 2.23. The van der Waals surface area contributed by atoms with Gasteiger partial charge in [-0.1, -0.05) is 23.2 Å². The lowest BCUT2D eigenvalue weighted by atomic mass is 9.92. The minimum absolute atomic E-state index is 0.0169. The number of hydrogen-bond acceptors (Lipinski definition) is 3. The van der Waals surface area contributed by atoms with Gasteiger partial charge in [-0.25, -0.2) is 0 Å². The summed E-state index contributed by atoms with van der Waals surface area (Å²) in [6.45, 7) is 0.0169. The number of aliphatic carboxylic acids is 1. The Kier molecular flexibility index (Phi) is 3.36. The Morgan fingerprint density at radius 3 is 2.50 bits per heavy atom. The Bertz CT molecular complexity index is 532. The van der Waals surface area contributed by atoms with Crippen LogP contribution in [0.4, 0.5) is 0 Å². The molecule has 1 aliphatic carbocycles. The maximum Gasteiger partial charge on any atom is 0.307 e. The summed E-state index contributed by atoms with van der Waals surface area (Å²) in [5, 5.41) is 9.57. The molecule has 2 unspecified atom stereocenters. The first-order valence-electron chi connectivity index (χ1n) is 5.35. The summed E-state index contributed by atoms with van der Waals surface area (Å²) in [5.41, 5.74) is 4.92. The third-order valence-electron chi connectivity index (χ3n) is 3.37. The van der Waals surface area contributed by atoms with Crippen LogP contribution in [-0.4, -0.2) is 23.4 Å². The average molecular weight is 288 g/mol. The van der Waals surface area contributed by atoms with Gasteiger partial charge in [-0.2, -0.15) is 0 Å². The Balaban J connectivity index is 2.31. The fourth-order valence-electron chi connectivity index (χ4n) is 2.12. The van der Waals surface area contributed by atoms with Crippen molar-refractivity contribution in [2.45, 2.75) is 6.42 Å². The number of hydrogen-bond donors (Lipinski definition) is 2. The van der Waals surface area contributed by atoms with E-state index in [1.807, 2.05) is 0 Å². The summed E-state index contributed by atoms with van der Waals surface area (Å²) in [6.07, 6.45) is 0.276. The van der Waals surface area contributed by atoms with Crippen molar-refractivity contribution in [2.75, 3.05) is 6.54 Å². The minimum Gasteiger partial charge on any atom is -0.481 e. The predicted molar refractivity (Wildman–Crippen MR) is 68.0 cm³/mol. The Morgan fingerprint density at radius 1 is 1.39 bits per heavy atom. The van der Waals surface area contributed by atoms with Crippen LogP contribution in [0.15, 0.2) is 18.2 Å². The Labute approximate surface area is 114 Å². The lowest BCUT2D eigenvalue weighted by Crippen LogP contribution is -2.29. The molecule has 2 atom stereocenters. The Morgan fingerprint density at radius 2 is 2.06 bits per heavy atom. The van der Waals surface area contributed by atoms with Crippen molar-refractivity contribution >= 4 is 35.0 Å². The van der Waals surface area contributed by atoms with Gasteiger partial charge in [0.2, 0.25) is 0 Å². The summed E-state index contributed by atoms with van der Waals surface area (Å²) in [4.78, 5) is 23.2. The van der Waals surface area contributed by atoms with Gasteiger partial charge in [0, 0.05) is 12.1 Å². The van der Waals surface area contributed by atoms with E-state index in [4.69, 9.17) is 34.0 Å². The van der Waals surface area contributed by atoms with Gasteiger partial charge in [0.1, 0.15) is 0 Å². The van der Waals surface area contributed by atoms with E-state index in [0.29, 0.717) is 10.6 Å². The highest BCUT2D eigenvalue weighted by atomic mass is 35.5. The molecule has 0 amide bonds. The number of benzene rings is 1. The van der Waals surface area contributed by atoms with E-state index in [-0.39, 0.29) is 23.8 Å². The highest BCUT2D eigenvalue weighted by molar-refractivity contribution is 6.42. The summed E-state index contributed by atoms with van der Waals surface area (Å²) >= 11 is 11.6. The van der Waals surface area contributed by atoms with Crippen LogP contribution in [0.1, 0.15) is 16.8 Å². The molecule has 0 saturated heterocycles. The first-order chi connectivity index (χ1) is 8.42. The van der Waals surface area contributed by atoms with Gasteiger partial charge in [-0.05, 0) is 24.6 Å². The van der Waals surface area contributed by atoms with Gasteiger partial charge in [-0.15, -0.1) is 0 Å². The number of carbonyl (C=O) groups is 2. The molecule has 0 heterocycles. The van der Waals surface area contributed by atoms with Gasteiger partial charge >= 0.3 is 5.97 Å². The van der Waals surface area contributed by atoms with Crippen LogP contribution in [0.5, 0.6) is 0 Å².